The molecule has 0 heterocycles. The summed E-state index contributed by atoms with van der Waals surface area (Å²) in [5.41, 5.74) is 8.55. The number of hydrogen-bond acceptors (Lipinski definition) is 2. The van der Waals surface area contributed by atoms with Gasteiger partial charge in [-0.05, 0) is 42.3 Å². The highest BCUT2D eigenvalue weighted by Gasteiger charge is 2.17. The Labute approximate surface area is 117 Å². The van der Waals surface area contributed by atoms with Gasteiger partial charge in [-0.2, -0.15) is 0 Å². The highest BCUT2D eigenvalue weighted by atomic mass is 35.5. The van der Waals surface area contributed by atoms with Crippen LogP contribution in [0.5, 0.6) is 5.75 Å². The molecule has 2 aromatic carbocycles. The van der Waals surface area contributed by atoms with Gasteiger partial charge in [0.1, 0.15) is 11.6 Å². The largest absolute Gasteiger partial charge is 0.496 e. The van der Waals surface area contributed by atoms with E-state index in [2.05, 4.69) is 0 Å². The van der Waals surface area contributed by atoms with Crippen LogP contribution in [0.3, 0.4) is 0 Å². The Morgan fingerprint density at radius 3 is 2.53 bits per heavy atom. The topological polar surface area (TPSA) is 35.2 Å². The van der Waals surface area contributed by atoms with Crippen molar-refractivity contribution in [3.8, 4) is 5.75 Å². The zero-order valence-electron chi connectivity index (χ0n) is 10.8. The summed E-state index contributed by atoms with van der Waals surface area (Å²) in [6.07, 6.45) is 0. The summed E-state index contributed by atoms with van der Waals surface area (Å²) in [6, 6.07) is 9.36. The summed E-state index contributed by atoms with van der Waals surface area (Å²) in [6.45, 7) is 1.95. The Kier molecular flexibility index (Phi) is 4.08. The van der Waals surface area contributed by atoms with Crippen LogP contribution in [0.4, 0.5) is 4.39 Å². The molecule has 0 saturated carbocycles. The van der Waals surface area contributed by atoms with Crippen molar-refractivity contribution in [2.45, 2.75) is 13.0 Å². The highest BCUT2D eigenvalue weighted by molar-refractivity contribution is 6.31. The van der Waals surface area contributed by atoms with Crippen LogP contribution < -0.4 is 10.5 Å². The first-order valence-electron chi connectivity index (χ1n) is 5.88. The molecule has 2 N–H and O–H groups in total. The zero-order chi connectivity index (χ0) is 14.0. The van der Waals surface area contributed by atoms with Crippen LogP contribution in [-0.2, 0) is 0 Å². The van der Waals surface area contributed by atoms with Crippen LogP contribution in [0.2, 0.25) is 5.02 Å². The lowest BCUT2D eigenvalue weighted by molar-refractivity contribution is 0.406. The summed E-state index contributed by atoms with van der Waals surface area (Å²) in [5.74, 6) is 0.194. The minimum absolute atomic E-state index is 0.352. The number of aryl methyl sites for hydroxylation is 1. The van der Waals surface area contributed by atoms with E-state index < -0.39 is 6.04 Å². The average molecular weight is 280 g/mol. The molecule has 2 rings (SSSR count). The van der Waals surface area contributed by atoms with Gasteiger partial charge in [-0.1, -0.05) is 23.7 Å². The summed E-state index contributed by atoms with van der Waals surface area (Å²) in [7, 11) is 1.53. The van der Waals surface area contributed by atoms with Gasteiger partial charge in [0, 0.05) is 10.6 Å². The first-order valence-corrected chi connectivity index (χ1v) is 6.26. The third-order valence-electron chi connectivity index (χ3n) is 3.02. The van der Waals surface area contributed by atoms with Gasteiger partial charge in [0.2, 0.25) is 0 Å². The van der Waals surface area contributed by atoms with E-state index in [0.29, 0.717) is 16.3 Å². The van der Waals surface area contributed by atoms with Gasteiger partial charge in [-0.15, -0.1) is 0 Å². The highest BCUT2D eigenvalue weighted by Crippen LogP contribution is 2.32. The molecule has 0 saturated heterocycles. The van der Waals surface area contributed by atoms with Crippen LogP contribution in [0.1, 0.15) is 22.7 Å². The van der Waals surface area contributed by atoms with Gasteiger partial charge in [-0.25, -0.2) is 4.39 Å². The maximum Gasteiger partial charge on any atom is 0.124 e. The number of benzene rings is 2. The molecule has 0 radical (unpaired) electrons. The first kappa shape index (κ1) is 13.8. The molecule has 4 heteroatoms. The predicted molar refractivity (Wildman–Crippen MR) is 75.2 cm³/mol. The second-order valence-electron chi connectivity index (χ2n) is 4.39. The van der Waals surface area contributed by atoms with E-state index in [-0.39, 0.29) is 5.82 Å². The average Bonchev–Trinajstić information content (AvgIpc) is 2.38. The summed E-state index contributed by atoms with van der Waals surface area (Å²) in [5, 5.41) is 0.568. The van der Waals surface area contributed by atoms with E-state index in [4.69, 9.17) is 22.1 Å². The molecule has 0 aliphatic heterocycles. The number of methoxy groups -OCH3 is 1. The Morgan fingerprint density at radius 1 is 1.16 bits per heavy atom. The Hall–Kier alpha value is -1.58. The van der Waals surface area contributed by atoms with Gasteiger partial charge in [0.15, 0.2) is 0 Å². The fraction of sp³-hybridized carbons (Fsp3) is 0.200. The molecule has 0 fully saturated rings. The van der Waals surface area contributed by atoms with E-state index in [1.165, 1.54) is 19.2 Å². The molecular weight excluding hydrogens is 265 g/mol. The zero-order valence-corrected chi connectivity index (χ0v) is 11.5. The molecule has 1 atom stereocenters. The molecule has 2 nitrogen and oxygen atoms in total. The first-order chi connectivity index (χ1) is 9.02. The van der Waals surface area contributed by atoms with Gasteiger partial charge in [-0.3, -0.25) is 0 Å². The Morgan fingerprint density at radius 2 is 1.89 bits per heavy atom. The molecule has 2 aromatic rings. The van der Waals surface area contributed by atoms with E-state index in [9.17, 15) is 4.39 Å². The fourth-order valence-corrected chi connectivity index (χ4v) is 2.35. The van der Waals surface area contributed by atoms with Crippen LogP contribution in [0.15, 0.2) is 36.4 Å². The molecule has 100 valence electrons. The van der Waals surface area contributed by atoms with E-state index in [1.807, 2.05) is 25.1 Å². The molecular formula is C15H15ClFNO. The normalized spacial score (nSPS) is 12.3. The van der Waals surface area contributed by atoms with Crippen molar-refractivity contribution in [3.05, 3.63) is 63.9 Å². The number of nitrogens with two attached hydrogens (primary N) is 1. The van der Waals surface area contributed by atoms with Crippen molar-refractivity contribution in [1.82, 2.24) is 0 Å². The molecule has 0 aliphatic rings. The monoisotopic (exact) mass is 279 g/mol. The van der Waals surface area contributed by atoms with Gasteiger partial charge in [0.05, 0.1) is 13.2 Å². The minimum atomic E-state index is -0.529. The lowest BCUT2D eigenvalue weighted by Gasteiger charge is -2.17. The van der Waals surface area contributed by atoms with E-state index in [1.54, 1.807) is 6.07 Å². The van der Waals surface area contributed by atoms with Crippen LogP contribution in [0.25, 0.3) is 0 Å². The van der Waals surface area contributed by atoms with Gasteiger partial charge < -0.3 is 10.5 Å². The van der Waals surface area contributed by atoms with Crippen molar-refractivity contribution in [3.63, 3.8) is 0 Å². The number of ether oxygens (including phenoxy) is 1. The summed E-state index contributed by atoms with van der Waals surface area (Å²) < 4.78 is 18.6. The quantitative estimate of drug-likeness (QED) is 0.926. The van der Waals surface area contributed by atoms with Crippen LogP contribution >= 0.6 is 11.6 Å². The molecule has 0 aromatic heterocycles. The van der Waals surface area contributed by atoms with Crippen molar-refractivity contribution in [2.24, 2.45) is 5.73 Å². The minimum Gasteiger partial charge on any atom is -0.496 e. The number of halogens is 2. The smallest absolute Gasteiger partial charge is 0.124 e. The molecule has 0 spiro atoms. The van der Waals surface area contributed by atoms with E-state index >= 15 is 0 Å². The number of rotatable bonds is 3. The predicted octanol–water partition coefficient (Wildman–Crippen LogP) is 3.84. The lowest BCUT2D eigenvalue weighted by atomic mass is 9.97. The maximum atomic E-state index is 13.4. The molecule has 0 bridgehead atoms. The SMILES string of the molecule is COc1ccc(F)cc1C(N)c1ccc(C)cc1Cl. The molecule has 0 amide bonds. The molecule has 0 aliphatic carbocycles. The third kappa shape index (κ3) is 2.88. The van der Waals surface area contributed by atoms with Gasteiger partial charge >= 0.3 is 0 Å². The Balaban J connectivity index is 2.49. The Bertz CT molecular complexity index is 601. The van der Waals surface area contributed by atoms with Crippen LogP contribution in [-0.4, -0.2) is 7.11 Å². The molecule has 1 unspecified atom stereocenters. The lowest BCUT2D eigenvalue weighted by Crippen LogP contribution is -2.14. The molecule has 19 heavy (non-hydrogen) atoms. The summed E-state index contributed by atoms with van der Waals surface area (Å²) in [4.78, 5) is 0. The second kappa shape index (κ2) is 5.59. The van der Waals surface area contributed by atoms with E-state index in [0.717, 1.165) is 11.1 Å². The third-order valence-corrected chi connectivity index (χ3v) is 3.35. The summed E-state index contributed by atoms with van der Waals surface area (Å²) >= 11 is 6.20. The van der Waals surface area contributed by atoms with Crippen molar-refractivity contribution in [2.75, 3.05) is 7.11 Å². The fourth-order valence-electron chi connectivity index (χ4n) is 2.00. The van der Waals surface area contributed by atoms with Crippen molar-refractivity contribution < 1.29 is 9.13 Å². The standard InChI is InChI=1S/C15H15ClFNO/c1-9-3-5-11(13(16)7-9)15(18)12-8-10(17)4-6-14(12)19-2/h3-8,15H,18H2,1-2H3. The van der Waals surface area contributed by atoms with Gasteiger partial charge in [0.25, 0.3) is 0 Å². The maximum absolute atomic E-state index is 13.4. The van der Waals surface area contributed by atoms with Crippen LogP contribution in [0, 0.1) is 12.7 Å². The van der Waals surface area contributed by atoms with Crippen molar-refractivity contribution >= 4 is 11.6 Å². The van der Waals surface area contributed by atoms with Crippen molar-refractivity contribution in [1.29, 1.82) is 0 Å². The second-order valence-corrected chi connectivity index (χ2v) is 4.80. The number of hydrogen-bond donors (Lipinski definition) is 1.